The van der Waals surface area contributed by atoms with Gasteiger partial charge < -0.3 is 4.57 Å². The topological polar surface area (TPSA) is 3.24 Å². The Morgan fingerprint density at radius 2 is 1.64 bits per heavy atom. The van der Waals surface area contributed by atoms with Crippen molar-refractivity contribution in [2.24, 2.45) is 0 Å². The summed E-state index contributed by atoms with van der Waals surface area (Å²) < 4.78 is 2.22. The summed E-state index contributed by atoms with van der Waals surface area (Å²) in [7, 11) is 4.97. The van der Waals surface area contributed by atoms with Gasteiger partial charge in [-0.1, -0.05) is 42.5 Å². The number of rotatable bonds is 2. The van der Waals surface area contributed by atoms with Crippen LogP contribution in [-0.2, 0) is 0 Å². The molecule has 0 aliphatic carbocycles. The lowest BCUT2D eigenvalue weighted by atomic mass is 10.1. The fourth-order valence-corrected chi connectivity index (χ4v) is 2.56. The summed E-state index contributed by atoms with van der Waals surface area (Å²) in [5.74, 6) is 0. The molecule has 0 atom stereocenters. The van der Waals surface area contributed by atoms with Crippen LogP contribution in [0.2, 0.25) is 0 Å². The number of fused-ring (bicyclic) bond motifs is 1. The van der Waals surface area contributed by atoms with Crippen LogP contribution in [0.5, 0.6) is 0 Å². The van der Waals surface area contributed by atoms with Crippen LogP contribution < -0.4 is 5.19 Å². The van der Waals surface area contributed by atoms with Crippen LogP contribution in [-0.4, -0.2) is 28.3 Å². The van der Waals surface area contributed by atoms with Crippen molar-refractivity contribution < 1.29 is 0 Å². The highest BCUT2D eigenvalue weighted by atomic mass is 28.2. The maximum absolute atomic E-state index is 2.22. The molecule has 2 heteroatoms. The van der Waals surface area contributed by atoms with Gasteiger partial charge in [0.05, 0.1) is 0 Å². The summed E-state index contributed by atoms with van der Waals surface area (Å²) >= 11 is 0. The fraction of sp³-hybridized carbons (Fsp3) is 0.167. The van der Waals surface area contributed by atoms with Crippen LogP contribution in [0.25, 0.3) is 10.8 Å². The molecule has 0 bridgehead atoms. The summed E-state index contributed by atoms with van der Waals surface area (Å²) in [6.45, 7) is 0. The first kappa shape index (κ1) is 9.43. The first-order valence-corrected chi connectivity index (χ1v) is 5.64. The molecule has 0 fully saturated rings. The van der Waals surface area contributed by atoms with E-state index in [-0.39, 0.29) is 0 Å². The Kier molecular flexibility index (Phi) is 2.66. The van der Waals surface area contributed by atoms with E-state index in [1.54, 1.807) is 0 Å². The minimum absolute atomic E-state index is 0.748. The molecule has 0 amide bonds. The van der Waals surface area contributed by atoms with Crippen molar-refractivity contribution >= 4 is 25.6 Å². The second-order valence-corrected chi connectivity index (χ2v) is 5.19. The van der Waals surface area contributed by atoms with Gasteiger partial charge in [-0.15, -0.1) is 0 Å². The Labute approximate surface area is 87.3 Å². The Morgan fingerprint density at radius 1 is 0.929 bits per heavy atom. The average Bonchev–Trinajstić information content (AvgIpc) is 2.18. The van der Waals surface area contributed by atoms with Gasteiger partial charge in [0.1, 0.15) is 0 Å². The molecule has 0 N–H and O–H groups in total. The molecule has 70 valence electrons. The lowest BCUT2D eigenvalue weighted by Crippen LogP contribution is -2.29. The largest absolute Gasteiger partial charge is 0.327 e. The molecule has 0 aliphatic heterocycles. The predicted molar refractivity (Wildman–Crippen MR) is 63.0 cm³/mol. The molecule has 0 aliphatic rings. The van der Waals surface area contributed by atoms with Gasteiger partial charge in [0.15, 0.2) is 9.68 Å². The summed E-state index contributed by atoms with van der Waals surface area (Å²) in [5, 5.41) is 4.13. The molecule has 0 heterocycles. The van der Waals surface area contributed by atoms with Gasteiger partial charge in [-0.05, 0) is 30.1 Å². The molecule has 0 spiro atoms. The van der Waals surface area contributed by atoms with Gasteiger partial charge >= 0.3 is 0 Å². The normalized spacial score (nSPS) is 11.1. The third-order valence-corrected chi connectivity index (χ3v) is 3.26. The molecule has 0 aromatic heterocycles. The summed E-state index contributed by atoms with van der Waals surface area (Å²) in [5.41, 5.74) is 0. The van der Waals surface area contributed by atoms with Gasteiger partial charge in [0, 0.05) is 0 Å². The maximum Gasteiger partial charge on any atom is 0.182 e. The van der Waals surface area contributed by atoms with Crippen molar-refractivity contribution in [3.05, 3.63) is 42.5 Å². The molecule has 0 saturated carbocycles. The van der Waals surface area contributed by atoms with Crippen LogP contribution in [0.3, 0.4) is 0 Å². The first-order valence-electron chi connectivity index (χ1n) is 4.69. The molecule has 0 saturated heterocycles. The van der Waals surface area contributed by atoms with Gasteiger partial charge in [0.2, 0.25) is 0 Å². The van der Waals surface area contributed by atoms with Crippen molar-refractivity contribution in [3.8, 4) is 0 Å². The molecule has 2 aromatic carbocycles. The zero-order chi connectivity index (χ0) is 9.97. The summed E-state index contributed by atoms with van der Waals surface area (Å²) in [4.78, 5) is 0. The van der Waals surface area contributed by atoms with Crippen molar-refractivity contribution in [2.45, 2.75) is 0 Å². The van der Waals surface area contributed by atoms with Crippen molar-refractivity contribution in [3.63, 3.8) is 0 Å². The number of nitrogens with zero attached hydrogens (tertiary/aromatic N) is 1. The van der Waals surface area contributed by atoms with Crippen molar-refractivity contribution in [1.82, 2.24) is 4.57 Å². The van der Waals surface area contributed by atoms with Crippen LogP contribution in [0.1, 0.15) is 0 Å². The highest BCUT2D eigenvalue weighted by molar-refractivity contribution is 6.54. The third-order valence-electron chi connectivity index (χ3n) is 2.13. The average molecular weight is 199 g/mol. The lowest BCUT2D eigenvalue weighted by molar-refractivity contribution is 0.669. The van der Waals surface area contributed by atoms with E-state index < -0.39 is 0 Å². The smallest absolute Gasteiger partial charge is 0.182 e. The van der Waals surface area contributed by atoms with E-state index in [0.717, 1.165) is 9.68 Å². The monoisotopic (exact) mass is 199 g/mol. The van der Waals surface area contributed by atoms with Crippen LogP contribution in [0, 0.1) is 0 Å². The second kappa shape index (κ2) is 3.94. The Morgan fingerprint density at radius 3 is 2.43 bits per heavy atom. The minimum atomic E-state index is 0.748. The number of hydrogen-bond acceptors (Lipinski definition) is 1. The molecule has 2 aromatic rings. The highest BCUT2D eigenvalue weighted by Crippen LogP contribution is 2.10. The van der Waals surface area contributed by atoms with E-state index in [2.05, 4.69) is 61.1 Å². The Hall–Kier alpha value is -1.12. The van der Waals surface area contributed by atoms with Crippen molar-refractivity contribution in [2.75, 3.05) is 14.1 Å². The van der Waals surface area contributed by atoms with E-state index >= 15 is 0 Å². The van der Waals surface area contributed by atoms with Crippen LogP contribution in [0.4, 0.5) is 0 Å². The van der Waals surface area contributed by atoms with E-state index in [1.165, 1.54) is 16.0 Å². The quantitative estimate of drug-likeness (QED) is 0.665. The van der Waals surface area contributed by atoms with E-state index in [4.69, 9.17) is 0 Å². The fourth-order valence-electron chi connectivity index (χ4n) is 1.56. The lowest BCUT2D eigenvalue weighted by Gasteiger charge is -2.10. The van der Waals surface area contributed by atoms with Gasteiger partial charge in [0.25, 0.3) is 0 Å². The first-order chi connectivity index (χ1) is 6.77. The number of benzene rings is 2. The predicted octanol–water partition coefficient (Wildman–Crippen LogP) is 1.65. The zero-order valence-corrected chi connectivity index (χ0v) is 9.49. The van der Waals surface area contributed by atoms with Crippen LogP contribution in [0.15, 0.2) is 42.5 Å². The zero-order valence-electron chi connectivity index (χ0n) is 8.49. The highest BCUT2D eigenvalue weighted by Gasteiger charge is 2.02. The molecule has 2 radical (unpaired) electrons. The molecule has 14 heavy (non-hydrogen) atoms. The molecule has 0 unspecified atom stereocenters. The second-order valence-electron chi connectivity index (χ2n) is 3.53. The van der Waals surface area contributed by atoms with E-state index in [1.807, 2.05) is 0 Å². The summed E-state index contributed by atoms with van der Waals surface area (Å²) in [6, 6.07) is 15.1. The molecular formula is C12H13NSi. The number of hydrogen-bond donors (Lipinski definition) is 0. The van der Waals surface area contributed by atoms with E-state index in [9.17, 15) is 0 Å². The van der Waals surface area contributed by atoms with Crippen LogP contribution >= 0.6 is 0 Å². The minimum Gasteiger partial charge on any atom is -0.327 e. The Bertz CT molecular complexity index is 432. The van der Waals surface area contributed by atoms with Gasteiger partial charge in [-0.3, -0.25) is 0 Å². The molecule has 1 nitrogen and oxygen atoms in total. The maximum atomic E-state index is 2.22. The van der Waals surface area contributed by atoms with Gasteiger partial charge in [-0.2, -0.15) is 0 Å². The molecule has 2 rings (SSSR count). The SMILES string of the molecule is CN(C)[Si]c1cccc2ccccc12. The van der Waals surface area contributed by atoms with E-state index in [0.29, 0.717) is 0 Å². The van der Waals surface area contributed by atoms with Gasteiger partial charge in [-0.25, -0.2) is 0 Å². The Balaban J connectivity index is 2.53. The molecular weight excluding hydrogens is 186 g/mol. The standard InChI is InChI=1S/C12H13NSi/c1-13(2)14-12-9-5-7-10-6-3-4-8-11(10)12/h3-9H,1-2H3. The third kappa shape index (κ3) is 1.86. The van der Waals surface area contributed by atoms with Crippen molar-refractivity contribution in [1.29, 1.82) is 0 Å². The summed E-state index contributed by atoms with van der Waals surface area (Å²) in [6.07, 6.45) is 0.